The number of halogens is 4. The van der Waals surface area contributed by atoms with Crippen LogP contribution in [0.15, 0.2) is 42.5 Å². The molecule has 1 N–H and O–H groups in total. The van der Waals surface area contributed by atoms with Crippen molar-refractivity contribution in [1.82, 2.24) is 0 Å². The van der Waals surface area contributed by atoms with Crippen molar-refractivity contribution in [3.63, 3.8) is 0 Å². The van der Waals surface area contributed by atoms with Crippen LogP contribution in [-0.2, 0) is 16.8 Å². The molecule has 0 radical (unpaired) electrons. The molecule has 0 fully saturated rings. The van der Waals surface area contributed by atoms with Gasteiger partial charge >= 0.3 is 6.36 Å². The fourth-order valence-electron chi connectivity index (χ4n) is 3.25. The monoisotopic (exact) mass is 400 g/mol. The van der Waals surface area contributed by atoms with Gasteiger partial charge in [-0.2, -0.15) is 0 Å². The number of allylic oxidation sites excluding steroid dienone is 2. The Morgan fingerprint density at radius 2 is 1.70 bits per heavy atom. The van der Waals surface area contributed by atoms with E-state index < -0.39 is 23.3 Å². The largest absolute Gasteiger partial charge is 0.573 e. The number of hydrogen-bond donors (Lipinski definition) is 1. The first-order valence-electron chi connectivity index (χ1n) is 8.17. The van der Waals surface area contributed by atoms with Crippen LogP contribution in [0.1, 0.15) is 36.0 Å². The number of hydrogen-bond acceptors (Lipinski definition) is 2. The SMILES string of the molecule is O=S(O)Cc1ccc(C2=C(c3cccc(OC(F)(F)F)c3)CCC2)cc1F. The van der Waals surface area contributed by atoms with E-state index in [1.807, 2.05) is 0 Å². The van der Waals surface area contributed by atoms with Crippen LogP contribution in [0.25, 0.3) is 11.1 Å². The summed E-state index contributed by atoms with van der Waals surface area (Å²) in [6.45, 7) is 0. The van der Waals surface area contributed by atoms with E-state index in [0.29, 0.717) is 24.0 Å². The van der Waals surface area contributed by atoms with Gasteiger partial charge in [0.2, 0.25) is 0 Å². The maximum atomic E-state index is 14.2. The lowest BCUT2D eigenvalue weighted by Crippen LogP contribution is -2.17. The highest BCUT2D eigenvalue weighted by Crippen LogP contribution is 2.41. The Bertz CT molecular complexity index is 906. The minimum Gasteiger partial charge on any atom is -0.406 e. The van der Waals surface area contributed by atoms with Gasteiger partial charge in [0.25, 0.3) is 0 Å². The molecule has 1 aliphatic carbocycles. The van der Waals surface area contributed by atoms with E-state index in [0.717, 1.165) is 17.6 Å². The van der Waals surface area contributed by atoms with Gasteiger partial charge in [-0.25, -0.2) is 8.60 Å². The summed E-state index contributed by atoms with van der Waals surface area (Å²) in [6, 6.07) is 10.2. The van der Waals surface area contributed by atoms with Gasteiger partial charge in [0.05, 0.1) is 5.75 Å². The molecule has 8 heteroatoms. The van der Waals surface area contributed by atoms with E-state index in [9.17, 15) is 21.8 Å². The zero-order valence-corrected chi connectivity index (χ0v) is 14.9. The Morgan fingerprint density at radius 3 is 2.30 bits per heavy atom. The quantitative estimate of drug-likeness (QED) is 0.529. The average molecular weight is 400 g/mol. The minimum absolute atomic E-state index is 0.139. The molecule has 1 unspecified atom stereocenters. The molecule has 0 heterocycles. The van der Waals surface area contributed by atoms with Gasteiger partial charge in [-0.1, -0.05) is 24.3 Å². The number of benzene rings is 2. The third-order valence-electron chi connectivity index (χ3n) is 4.31. The van der Waals surface area contributed by atoms with Crippen molar-refractivity contribution in [2.75, 3.05) is 0 Å². The van der Waals surface area contributed by atoms with Gasteiger partial charge in [-0.3, -0.25) is 0 Å². The first-order chi connectivity index (χ1) is 12.7. The summed E-state index contributed by atoms with van der Waals surface area (Å²) in [6.07, 6.45) is -2.63. The lowest BCUT2D eigenvalue weighted by atomic mass is 9.96. The Kier molecular flexibility index (Phi) is 5.67. The smallest absolute Gasteiger partial charge is 0.406 e. The van der Waals surface area contributed by atoms with Gasteiger partial charge in [0.15, 0.2) is 11.1 Å². The molecule has 2 aromatic rings. The molecule has 0 aliphatic heterocycles. The van der Waals surface area contributed by atoms with E-state index in [-0.39, 0.29) is 17.1 Å². The zero-order chi connectivity index (χ0) is 19.6. The van der Waals surface area contributed by atoms with Crippen LogP contribution >= 0.6 is 0 Å². The van der Waals surface area contributed by atoms with Gasteiger partial charge in [0, 0.05) is 5.56 Å². The summed E-state index contributed by atoms with van der Waals surface area (Å²) in [5, 5.41) is 0. The number of alkyl halides is 3. The van der Waals surface area contributed by atoms with Gasteiger partial charge in [0.1, 0.15) is 11.6 Å². The Balaban J connectivity index is 1.96. The summed E-state index contributed by atoms with van der Waals surface area (Å²) in [4.78, 5) is 0. The van der Waals surface area contributed by atoms with Crippen molar-refractivity contribution in [1.29, 1.82) is 0 Å². The molecule has 0 spiro atoms. The van der Waals surface area contributed by atoms with E-state index >= 15 is 0 Å². The van der Waals surface area contributed by atoms with Crippen LogP contribution in [0.3, 0.4) is 0 Å². The maximum Gasteiger partial charge on any atom is 0.573 e. The van der Waals surface area contributed by atoms with Crippen LogP contribution in [0.4, 0.5) is 17.6 Å². The van der Waals surface area contributed by atoms with E-state index in [1.165, 1.54) is 30.3 Å². The number of ether oxygens (including phenoxy) is 1. The van der Waals surface area contributed by atoms with Crippen molar-refractivity contribution >= 4 is 22.2 Å². The highest BCUT2D eigenvalue weighted by Gasteiger charge is 2.31. The lowest BCUT2D eigenvalue weighted by Gasteiger charge is -2.13. The second-order valence-corrected chi connectivity index (χ2v) is 7.09. The lowest BCUT2D eigenvalue weighted by molar-refractivity contribution is -0.274. The highest BCUT2D eigenvalue weighted by atomic mass is 32.2. The molecule has 144 valence electrons. The predicted octanol–water partition coefficient (Wildman–Crippen LogP) is 5.54. The fraction of sp³-hybridized carbons (Fsp3) is 0.263. The average Bonchev–Trinajstić information content (AvgIpc) is 3.04. The van der Waals surface area contributed by atoms with E-state index in [2.05, 4.69) is 4.74 Å². The second kappa shape index (κ2) is 7.82. The molecular weight excluding hydrogens is 384 g/mol. The zero-order valence-electron chi connectivity index (χ0n) is 14.1. The molecular formula is C19H16F4O3S. The molecule has 1 atom stereocenters. The molecule has 1 aliphatic rings. The molecule has 2 aromatic carbocycles. The van der Waals surface area contributed by atoms with Crippen molar-refractivity contribution in [2.24, 2.45) is 0 Å². The summed E-state index contributed by atoms with van der Waals surface area (Å²) >= 11 is -2.14. The van der Waals surface area contributed by atoms with Gasteiger partial charge in [-0.05, 0) is 59.7 Å². The van der Waals surface area contributed by atoms with Crippen LogP contribution in [-0.4, -0.2) is 15.1 Å². The van der Waals surface area contributed by atoms with Gasteiger partial charge < -0.3 is 9.29 Å². The van der Waals surface area contributed by atoms with E-state index in [4.69, 9.17) is 4.55 Å². The molecule has 3 rings (SSSR count). The van der Waals surface area contributed by atoms with Crippen molar-refractivity contribution < 1.29 is 31.1 Å². The Hall–Kier alpha value is -2.19. The fourth-order valence-corrected chi connectivity index (χ4v) is 3.75. The van der Waals surface area contributed by atoms with Crippen LogP contribution in [0.5, 0.6) is 5.75 Å². The highest BCUT2D eigenvalue weighted by molar-refractivity contribution is 7.78. The molecule has 0 saturated heterocycles. The first-order valence-corrected chi connectivity index (χ1v) is 9.45. The Morgan fingerprint density at radius 1 is 1.04 bits per heavy atom. The second-order valence-electron chi connectivity index (χ2n) is 6.16. The molecule has 27 heavy (non-hydrogen) atoms. The van der Waals surface area contributed by atoms with Gasteiger partial charge in [-0.15, -0.1) is 13.2 Å². The normalized spacial score (nSPS) is 15.9. The van der Waals surface area contributed by atoms with Crippen molar-refractivity contribution in [3.8, 4) is 5.75 Å². The Labute approximate surface area is 156 Å². The predicted molar refractivity (Wildman–Crippen MR) is 94.7 cm³/mol. The van der Waals surface area contributed by atoms with Crippen LogP contribution in [0.2, 0.25) is 0 Å². The third kappa shape index (κ3) is 4.95. The molecule has 0 amide bonds. The van der Waals surface area contributed by atoms with Crippen molar-refractivity contribution in [2.45, 2.75) is 31.4 Å². The number of rotatable bonds is 5. The molecule has 3 nitrogen and oxygen atoms in total. The molecule has 0 aromatic heterocycles. The molecule has 0 bridgehead atoms. The minimum atomic E-state index is -4.77. The van der Waals surface area contributed by atoms with E-state index in [1.54, 1.807) is 12.1 Å². The van der Waals surface area contributed by atoms with Crippen LogP contribution < -0.4 is 4.74 Å². The first kappa shape index (κ1) is 19.6. The topological polar surface area (TPSA) is 46.5 Å². The summed E-state index contributed by atoms with van der Waals surface area (Å²) in [5.41, 5.74) is 3.07. The molecule has 0 saturated carbocycles. The third-order valence-corrected chi connectivity index (χ3v) is 4.87. The summed E-state index contributed by atoms with van der Waals surface area (Å²) in [5.74, 6) is -1.18. The standard InChI is InChI=1S/C19H16F4O3S/c20-18-10-13(7-8-14(18)11-27(24)25)17-6-2-5-16(17)12-3-1-4-15(9-12)26-19(21,22)23/h1,3-4,7-10H,2,5-6,11H2,(H,24,25). The summed E-state index contributed by atoms with van der Waals surface area (Å²) in [7, 11) is 0. The van der Waals surface area contributed by atoms with Crippen molar-refractivity contribution in [3.05, 3.63) is 65.0 Å². The van der Waals surface area contributed by atoms with Crippen LogP contribution in [0, 0.1) is 5.82 Å². The summed E-state index contributed by atoms with van der Waals surface area (Å²) < 4.78 is 75.3. The maximum absolute atomic E-state index is 14.2.